The van der Waals surface area contributed by atoms with Crippen LogP contribution in [0.2, 0.25) is 0 Å². The van der Waals surface area contributed by atoms with Crippen molar-refractivity contribution in [2.45, 2.75) is 11.3 Å². The Kier molecular flexibility index (Phi) is 2.04. The molecule has 1 nitrogen and oxygen atoms in total. The summed E-state index contributed by atoms with van der Waals surface area (Å²) in [5.41, 5.74) is 1.56. The fraction of sp³-hybridized carbons (Fsp3) is 1.00. The first-order valence-corrected chi connectivity index (χ1v) is 3.86. The summed E-state index contributed by atoms with van der Waals surface area (Å²) in [5.74, 6) is 0. The molecule has 1 N–H and O–H groups in total. The Hall–Kier alpha value is 0.820. The highest BCUT2D eigenvalue weighted by molar-refractivity contribution is 7.23. The zero-order valence-electron chi connectivity index (χ0n) is 4.22. The summed E-state index contributed by atoms with van der Waals surface area (Å²) in [6.07, 6.45) is 0. The van der Waals surface area contributed by atoms with Crippen molar-refractivity contribution in [3.8, 4) is 0 Å². The van der Waals surface area contributed by atoms with E-state index in [0.29, 0.717) is 0 Å². The molecule has 1 saturated heterocycles. The van der Waals surface area contributed by atoms with Gasteiger partial charge in [0.25, 0.3) is 0 Å². The lowest BCUT2D eigenvalue weighted by Crippen LogP contribution is -2.08. The van der Waals surface area contributed by atoms with Gasteiger partial charge >= 0.3 is 0 Å². The molecule has 0 aromatic heterocycles. The minimum absolute atomic E-state index is 0.782. The third kappa shape index (κ3) is 1.35. The van der Waals surface area contributed by atoms with Crippen LogP contribution in [0.3, 0.4) is 0 Å². The number of hydrogen-bond donors (Lipinski definition) is 1. The van der Waals surface area contributed by atoms with E-state index in [1.165, 1.54) is 13.1 Å². The van der Waals surface area contributed by atoms with Gasteiger partial charge in [-0.3, -0.25) is 0 Å². The van der Waals surface area contributed by atoms with Crippen molar-refractivity contribution in [1.82, 2.24) is 5.32 Å². The second-order valence-corrected chi connectivity index (χ2v) is 3.70. The van der Waals surface area contributed by atoms with E-state index in [2.05, 4.69) is 23.8 Å². The molecule has 0 spiro atoms. The molecular formula is C4H11NP2. The van der Waals surface area contributed by atoms with Gasteiger partial charge in [0.2, 0.25) is 0 Å². The molecule has 0 aromatic carbocycles. The van der Waals surface area contributed by atoms with Gasteiger partial charge in [0.05, 0.1) is 0 Å². The third-order valence-corrected chi connectivity index (χ3v) is 3.21. The Balaban J connectivity index is 2.33. The van der Waals surface area contributed by atoms with E-state index < -0.39 is 0 Å². The van der Waals surface area contributed by atoms with Crippen LogP contribution in [0.25, 0.3) is 0 Å². The van der Waals surface area contributed by atoms with Crippen molar-refractivity contribution in [1.29, 1.82) is 0 Å². The van der Waals surface area contributed by atoms with E-state index >= 15 is 0 Å². The zero-order valence-corrected chi connectivity index (χ0v) is 6.53. The summed E-state index contributed by atoms with van der Waals surface area (Å²) >= 11 is 0. The molecule has 1 rings (SSSR count). The Morgan fingerprint density at radius 3 is 1.71 bits per heavy atom. The maximum atomic E-state index is 3.28. The molecule has 0 aromatic rings. The first kappa shape index (κ1) is 5.95. The topological polar surface area (TPSA) is 12.0 Å². The van der Waals surface area contributed by atoms with Gasteiger partial charge in [-0.25, -0.2) is 0 Å². The normalized spacial score (nSPS) is 42.0. The van der Waals surface area contributed by atoms with Gasteiger partial charge in [-0.2, -0.15) is 0 Å². The standard InChI is InChI=1S/C4H11NP2/c6-3-1-5-2-4(3)7/h3-5H,1-2,6-7H2. The van der Waals surface area contributed by atoms with E-state index in [1.807, 2.05) is 0 Å². The van der Waals surface area contributed by atoms with Crippen molar-refractivity contribution in [3.05, 3.63) is 0 Å². The predicted octanol–water partition coefficient (Wildman–Crippen LogP) is 0.0770. The first-order valence-electron chi connectivity index (χ1n) is 2.52. The maximum absolute atomic E-state index is 3.28. The van der Waals surface area contributed by atoms with Gasteiger partial charge in [-0.1, -0.05) is 0 Å². The quantitative estimate of drug-likeness (QED) is 0.464. The summed E-state index contributed by atoms with van der Waals surface area (Å²) in [5, 5.41) is 3.28. The fourth-order valence-corrected chi connectivity index (χ4v) is 1.32. The van der Waals surface area contributed by atoms with Gasteiger partial charge < -0.3 is 5.32 Å². The average molecular weight is 135 g/mol. The Morgan fingerprint density at radius 1 is 1.14 bits per heavy atom. The summed E-state index contributed by atoms with van der Waals surface area (Å²) in [6.45, 7) is 2.33. The molecular weight excluding hydrogens is 124 g/mol. The molecule has 1 fully saturated rings. The molecule has 42 valence electrons. The van der Waals surface area contributed by atoms with Crippen LogP contribution in [-0.4, -0.2) is 24.4 Å². The Labute approximate surface area is 49.0 Å². The summed E-state index contributed by atoms with van der Waals surface area (Å²) in [6, 6.07) is 0. The number of nitrogens with one attached hydrogen (secondary N) is 1. The minimum atomic E-state index is 0.782. The molecule has 0 saturated carbocycles. The second kappa shape index (κ2) is 2.40. The van der Waals surface area contributed by atoms with Gasteiger partial charge in [0, 0.05) is 13.1 Å². The molecule has 1 aliphatic heterocycles. The summed E-state index contributed by atoms with van der Waals surface area (Å²) < 4.78 is 0. The Bertz CT molecular complexity index is 58.7. The molecule has 0 bridgehead atoms. The van der Waals surface area contributed by atoms with E-state index in [4.69, 9.17) is 0 Å². The number of hydrogen-bond acceptors (Lipinski definition) is 1. The van der Waals surface area contributed by atoms with Crippen LogP contribution in [0.15, 0.2) is 0 Å². The minimum Gasteiger partial charge on any atom is -0.315 e. The lowest BCUT2D eigenvalue weighted by atomic mass is 10.4. The largest absolute Gasteiger partial charge is 0.315 e. The van der Waals surface area contributed by atoms with E-state index in [1.54, 1.807) is 0 Å². The lowest BCUT2D eigenvalue weighted by Gasteiger charge is -2.03. The third-order valence-electron chi connectivity index (χ3n) is 1.31. The highest BCUT2D eigenvalue weighted by Gasteiger charge is 2.17. The molecule has 7 heavy (non-hydrogen) atoms. The zero-order chi connectivity index (χ0) is 5.28. The molecule has 4 atom stereocenters. The van der Waals surface area contributed by atoms with Crippen LogP contribution in [0.4, 0.5) is 0 Å². The highest BCUT2D eigenvalue weighted by atomic mass is 31.0. The molecule has 1 heterocycles. The molecule has 3 heteroatoms. The summed E-state index contributed by atoms with van der Waals surface area (Å²) in [7, 11) is 5.66. The molecule has 0 amide bonds. The van der Waals surface area contributed by atoms with Gasteiger partial charge in [0.15, 0.2) is 0 Å². The Morgan fingerprint density at radius 2 is 1.57 bits per heavy atom. The monoisotopic (exact) mass is 135 g/mol. The molecule has 0 radical (unpaired) electrons. The van der Waals surface area contributed by atoms with E-state index in [-0.39, 0.29) is 0 Å². The van der Waals surface area contributed by atoms with Crippen LogP contribution in [0.5, 0.6) is 0 Å². The molecule has 1 aliphatic rings. The predicted molar refractivity (Wildman–Crippen MR) is 39.9 cm³/mol. The first-order chi connectivity index (χ1) is 3.30. The van der Waals surface area contributed by atoms with Crippen LogP contribution in [-0.2, 0) is 0 Å². The second-order valence-electron chi connectivity index (χ2n) is 1.99. The smallest absolute Gasteiger partial charge is 0.00208 e. The summed E-state index contributed by atoms with van der Waals surface area (Å²) in [4.78, 5) is 0. The van der Waals surface area contributed by atoms with Crippen molar-refractivity contribution in [2.75, 3.05) is 13.1 Å². The van der Waals surface area contributed by atoms with Crippen molar-refractivity contribution in [3.63, 3.8) is 0 Å². The van der Waals surface area contributed by atoms with Gasteiger partial charge in [-0.05, 0) is 11.3 Å². The van der Waals surface area contributed by atoms with Crippen molar-refractivity contribution >= 4 is 18.5 Å². The van der Waals surface area contributed by atoms with Crippen LogP contribution < -0.4 is 5.32 Å². The number of rotatable bonds is 0. The average Bonchev–Trinajstić information content (AvgIpc) is 1.91. The lowest BCUT2D eigenvalue weighted by molar-refractivity contribution is 0.861. The molecule has 0 aliphatic carbocycles. The van der Waals surface area contributed by atoms with Crippen LogP contribution in [0, 0.1) is 0 Å². The van der Waals surface area contributed by atoms with Gasteiger partial charge in [-0.15, -0.1) is 18.5 Å². The van der Waals surface area contributed by atoms with Gasteiger partial charge in [0.1, 0.15) is 0 Å². The maximum Gasteiger partial charge on any atom is 0.00208 e. The van der Waals surface area contributed by atoms with E-state index in [9.17, 15) is 0 Å². The van der Waals surface area contributed by atoms with Crippen LogP contribution >= 0.6 is 18.5 Å². The molecule has 4 unspecified atom stereocenters. The van der Waals surface area contributed by atoms with Crippen molar-refractivity contribution in [2.24, 2.45) is 0 Å². The van der Waals surface area contributed by atoms with E-state index in [0.717, 1.165) is 11.3 Å². The van der Waals surface area contributed by atoms with Crippen LogP contribution in [0.1, 0.15) is 0 Å². The SMILES string of the molecule is PC1CNCC1P. The fourth-order valence-electron chi connectivity index (χ4n) is 0.719. The van der Waals surface area contributed by atoms with Crippen molar-refractivity contribution < 1.29 is 0 Å². The highest BCUT2D eigenvalue weighted by Crippen LogP contribution is 2.17.